The molecule has 4 nitrogen and oxygen atoms in total. The topological polar surface area (TPSA) is 62.2 Å². The van der Waals surface area contributed by atoms with Crippen LogP contribution in [0.2, 0.25) is 0 Å². The van der Waals surface area contributed by atoms with Gasteiger partial charge in [-0.2, -0.15) is 13.2 Å². The molecule has 26 heavy (non-hydrogen) atoms. The molecule has 1 fully saturated rings. The molecule has 1 saturated carbocycles. The van der Waals surface area contributed by atoms with Crippen LogP contribution in [0.15, 0.2) is 30.5 Å². The van der Waals surface area contributed by atoms with Gasteiger partial charge < -0.3 is 10.4 Å². The normalized spacial score (nSPS) is 21.3. The van der Waals surface area contributed by atoms with Crippen molar-refractivity contribution in [2.45, 2.75) is 43.7 Å². The Labute approximate surface area is 148 Å². The number of aromatic nitrogens is 1. The van der Waals surface area contributed by atoms with E-state index in [1.54, 1.807) is 6.07 Å². The van der Waals surface area contributed by atoms with Crippen LogP contribution in [0.1, 0.15) is 64.6 Å². The molecule has 0 atom stereocenters. The molecule has 1 aromatic heterocycles. The second kappa shape index (κ2) is 6.00. The minimum Gasteiger partial charge on any atom is -0.478 e. The Kier molecular flexibility index (Phi) is 3.89. The first kappa shape index (κ1) is 16.9. The lowest BCUT2D eigenvalue weighted by Crippen LogP contribution is -2.26. The van der Waals surface area contributed by atoms with Crippen molar-refractivity contribution in [1.29, 1.82) is 0 Å². The van der Waals surface area contributed by atoms with Crippen LogP contribution in [0.3, 0.4) is 0 Å². The van der Waals surface area contributed by atoms with E-state index in [1.165, 1.54) is 12.3 Å². The molecule has 0 amide bonds. The highest BCUT2D eigenvalue weighted by Crippen LogP contribution is 2.52. The van der Waals surface area contributed by atoms with Crippen molar-refractivity contribution >= 4 is 17.5 Å². The van der Waals surface area contributed by atoms with E-state index in [1.807, 2.05) is 0 Å². The van der Waals surface area contributed by atoms with E-state index in [0.717, 1.165) is 48.9 Å². The fourth-order valence-electron chi connectivity index (χ4n) is 4.24. The minimum atomic E-state index is -4.42. The highest BCUT2D eigenvalue weighted by molar-refractivity contribution is 5.91. The molecule has 2 aromatic rings. The SMILES string of the molecule is O=C(O)c1cnc(Nc2cccc(C(F)(F)F)c2)c2c1C1CCC2CC1. The smallest absolute Gasteiger partial charge is 0.416 e. The molecule has 0 saturated heterocycles. The maximum atomic E-state index is 12.9. The molecule has 2 N–H and O–H groups in total. The van der Waals surface area contributed by atoms with Crippen molar-refractivity contribution in [3.8, 4) is 0 Å². The van der Waals surface area contributed by atoms with Crippen molar-refractivity contribution in [1.82, 2.24) is 4.98 Å². The number of halogens is 3. The molecule has 136 valence electrons. The van der Waals surface area contributed by atoms with Crippen LogP contribution in [0.25, 0.3) is 0 Å². The van der Waals surface area contributed by atoms with E-state index in [2.05, 4.69) is 10.3 Å². The molecule has 0 unspecified atom stereocenters. The number of hydrogen-bond acceptors (Lipinski definition) is 3. The fourth-order valence-corrected chi connectivity index (χ4v) is 4.24. The van der Waals surface area contributed by atoms with Gasteiger partial charge in [-0.1, -0.05) is 6.07 Å². The van der Waals surface area contributed by atoms with Crippen LogP contribution < -0.4 is 5.32 Å². The van der Waals surface area contributed by atoms with Gasteiger partial charge >= 0.3 is 12.1 Å². The second-order valence-corrected chi connectivity index (χ2v) is 6.91. The highest BCUT2D eigenvalue weighted by atomic mass is 19.4. The number of carboxylic acid groups (broad SMARTS) is 1. The Hall–Kier alpha value is -2.57. The highest BCUT2D eigenvalue weighted by Gasteiger charge is 2.38. The number of rotatable bonds is 3. The zero-order valence-electron chi connectivity index (χ0n) is 13.8. The summed E-state index contributed by atoms with van der Waals surface area (Å²) >= 11 is 0. The van der Waals surface area contributed by atoms with Gasteiger partial charge in [-0.05, 0) is 61.3 Å². The summed E-state index contributed by atoms with van der Waals surface area (Å²) in [6, 6.07) is 4.95. The number of carboxylic acids is 1. The number of anilines is 2. The summed E-state index contributed by atoms with van der Waals surface area (Å²) < 4.78 is 38.8. The van der Waals surface area contributed by atoms with E-state index < -0.39 is 17.7 Å². The molecular weight excluding hydrogens is 345 g/mol. The number of carbonyl (C=O) groups is 1. The van der Waals surface area contributed by atoms with Crippen LogP contribution in [0.4, 0.5) is 24.7 Å². The molecule has 3 aliphatic rings. The van der Waals surface area contributed by atoms with Crippen LogP contribution in [0, 0.1) is 0 Å². The molecule has 7 heteroatoms. The number of alkyl halides is 3. The van der Waals surface area contributed by atoms with Crippen molar-refractivity contribution in [3.05, 3.63) is 52.7 Å². The van der Waals surface area contributed by atoms with Gasteiger partial charge in [0.05, 0.1) is 11.1 Å². The molecule has 0 radical (unpaired) electrons. The molecule has 1 heterocycles. The average Bonchev–Trinajstić information content (AvgIpc) is 2.62. The van der Waals surface area contributed by atoms with Gasteiger partial charge in [0.2, 0.25) is 0 Å². The molecule has 0 aliphatic heterocycles. The number of benzene rings is 1. The Morgan fingerprint density at radius 2 is 1.77 bits per heavy atom. The Balaban J connectivity index is 1.77. The zero-order valence-corrected chi connectivity index (χ0v) is 13.8. The molecular formula is C19H17F3N2O2. The summed E-state index contributed by atoms with van der Waals surface area (Å²) in [4.78, 5) is 15.8. The van der Waals surface area contributed by atoms with E-state index >= 15 is 0 Å². The van der Waals surface area contributed by atoms with Crippen molar-refractivity contribution in [2.75, 3.05) is 5.32 Å². The maximum absolute atomic E-state index is 12.9. The lowest BCUT2D eigenvalue weighted by Gasteiger charge is -2.39. The first-order valence-electron chi connectivity index (χ1n) is 8.55. The monoisotopic (exact) mass is 362 g/mol. The maximum Gasteiger partial charge on any atom is 0.416 e. The Bertz CT molecular complexity index is 872. The number of nitrogens with one attached hydrogen (secondary N) is 1. The Morgan fingerprint density at radius 1 is 1.12 bits per heavy atom. The summed E-state index contributed by atoms with van der Waals surface area (Å²) in [7, 11) is 0. The average molecular weight is 362 g/mol. The molecule has 1 aromatic carbocycles. The molecule has 2 bridgehead atoms. The third-order valence-electron chi connectivity index (χ3n) is 5.38. The lowest BCUT2D eigenvalue weighted by atomic mass is 9.66. The number of pyridine rings is 1. The van der Waals surface area contributed by atoms with E-state index in [4.69, 9.17) is 0 Å². The first-order chi connectivity index (χ1) is 12.3. The van der Waals surface area contributed by atoms with Gasteiger partial charge in [-0.3, -0.25) is 0 Å². The van der Waals surface area contributed by atoms with E-state index in [0.29, 0.717) is 11.5 Å². The van der Waals surface area contributed by atoms with Crippen LogP contribution in [-0.2, 0) is 6.18 Å². The quantitative estimate of drug-likeness (QED) is 0.778. The fraction of sp³-hybridized carbons (Fsp3) is 0.368. The summed E-state index contributed by atoms with van der Waals surface area (Å²) in [5, 5.41) is 12.5. The second-order valence-electron chi connectivity index (χ2n) is 6.91. The first-order valence-corrected chi connectivity index (χ1v) is 8.55. The van der Waals surface area contributed by atoms with Crippen LogP contribution in [-0.4, -0.2) is 16.1 Å². The van der Waals surface area contributed by atoms with Crippen LogP contribution >= 0.6 is 0 Å². The molecule has 0 spiro atoms. The number of aromatic carboxylic acids is 1. The number of fused-ring (bicyclic) bond motifs is 2. The predicted molar refractivity (Wildman–Crippen MR) is 89.9 cm³/mol. The molecule has 5 rings (SSSR count). The third-order valence-corrected chi connectivity index (χ3v) is 5.38. The van der Waals surface area contributed by atoms with Crippen LogP contribution in [0.5, 0.6) is 0 Å². The van der Waals surface area contributed by atoms with Gasteiger partial charge in [0.25, 0.3) is 0 Å². The zero-order chi connectivity index (χ0) is 18.5. The standard InChI is InChI=1S/C19H17F3N2O2/c20-19(21,22)12-2-1-3-13(8-12)24-17-16-11-6-4-10(5-7-11)15(16)14(9-23-17)18(25)26/h1-3,8-11H,4-7H2,(H,23,24)(H,25,26). The van der Waals surface area contributed by atoms with Crippen molar-refractivity contribution in [3.63, 3.8) is 0 Å². The summed E-state index contributed by atoms with van der Waals surface area (Å²) in [5.41, 5.74) is 1.44. The largest absolute Gasteiger partial charge is 0.478 e. The summed E-state index contributed by atoms with van der Waals surface area (Å²) in [6.45, 7) is 0. The van der Waals surface area contributed by atoms with Gasteiger partial charge in [0.1, 0.15) is 5.82 Å². The molecule has 3 aliphatic carbocycles. The van der Waals surface area contributed by atoms with Gasteiger partial charge in [0.15, 0.2) is 0 Å². The van der Waals surface area contributed by atoms with Gasteiger partial charge in [-0.25, -0.2) is 9.78 Å². The number of hydrogen-bond donors (Lipinski definition) is 2. The minimum absolute atomic E-state index is 0.186. The Morgan fingerprint density at radius 3 is 2.38 bits per heavy atom. The van der Waals surface area contributed by atoms with Gasteiger partial charge in [0, 0.05) is 17.4 Å². The third kappa shape index (κ3) is 2.81. The van der Waals surface area contributed by atoms with E-state index in [-0.39, 0.29) is 17.4 Å². The summed E-state index contributed by atoms with van der Waals surface area (Å²) in [5.74, 6) is -0.146. The lowest BCUT2D eigenvalue weighted by molar-refractivity contribution is -0.137. The predicted octanol–water partition coefficient (Wildman–Crippen LogP) is 5.30. The van der Waals surface area contributed by atoms with Gasteiger partial charge in [-0.15, -0.1) is 0 Å². The van der Waals surface area contributed by atoms with E-state index in [9.17, 15) is 23.1 Å². The van der Waals surface area contributed by atoms with Crippen molar-refractivity contribution in [2.24, 2.45) is 0 Å². The van der Waals surface area contributed by atoms with Crippen molar-refractivity contribution < 1.29 is 23.1 Å². The number of nitrogens with zero attached hydrogens (tertiary/aromatic N) is 1. The summed E-state index contributed by atoms with van der Waals surface area (Å²) in [6.07, 6.45) is 0.712.